The Morgan fingerprint density at radius 2 is 2.00 bits per heavy atom. The van der Waals surface area contributed by atoms with Crippen LogP contribution >= 0.6 is 0 Å². The number of aromatic nitrogens is 2. The van der Waals surface area contributed by atoms with Crippen LogP contribution in [-0.2, 0) is 0 Å². The van der Waals surface area contributed by atoms with Gasteiger partial charge in [-0.2, -0.15) is 0 Å². The van der Waals surface area contributed by atoms with E-state index in [1.807, 2.05) is 0 Å². The number of nitrogens with one attached hydrogen (secondary N) is 1. The first kappa shape index (κ1) is 11.1. The quantitative estimate of drug-likeness (QED) is 0.811. The second-order valence-corrected chi connectivity index (χ2v) is 3.80. The van der Waals surface area contributed by atoms with E-state index < -0.39 is 0 Å². The maximum Gasteiger partial charge on any atom is 0.225 e. The molecule has 0 spiro atoms. The van der Waals surface area contributed by atoms with E-state index in [0.717, 1.165) is 50.9 Å². The van der Waals surface area contributed by atoms with Gasteiger partial charge in [0.1, 0.15) is 0 Å². The molecule has 0 aromatic carbocycles. The Kier molecular flexibility index (Phi) is 3.93. The van der Waals surface area contributed by atoms with E-state index in [4.69, 9.17) is 4.74 Å². The molecule has 0 amide bonds. The molecule has 5 nitrogen and oxygen atoms in total. The Balaban J connectivity index is 1.95. The number of ether oxygens (including phenoxy) is 1. The summed E-state index contributed by atoms with van der Waals surface area (Å²) in [6.07, 6.45) is 4.50. The summed E-state index contributed by atoms with van der Waals surface area (Å²) < 4.78 is 5.44. The van der Waals surface area contributed by atoms with Crippen molar-refractivity contribution >= 4 is 5.95 Å². The fraction of sp³-hybridized carbons (Fsp3) is 0.636. The summed E-state index contributed by atoms with van der Waals surface area (Å²) in [5.41, 5.74) is 0. The topological polar surface area (TPSA) is 50.3 Å². The van der Waals surface area contributed by atoms with Gasteiger partial charge in [-0.3, -0.25) is 0 Å². The molecule has 16 heavy (non-hydrogen) atoms. The number of hydrogen-bond donors (Lipinski definition) is 1. The molecule has 0 saturated carbocycles. The van der Waals surface area contributed by atoms with Crippen LogP contribution in [-0.4, -0.2) is 42.8 Å². The van der Waals surface area contributed by atoms with Crippen molar-refractivity contribution in [1.29, 1.82) is 0 Å². The van der Waals surface area contributed by atoms with Crippen LogP contribution in [0.25, 0.3) is 0 Å². The van der Waals surface area contributed by atoms with Gasteiger partial charge in [0.15, 0.2) is 5.75 Å². The highest BCUT2D eigenvalue weighted by Crippen LogP contribution is 2.12. The van der Waals surface area contributed by atoms with Crippen molar-refractivity contribution in [3.05, 3.63) is 12.4 Å². The van der Waals surface area contributed by atoms with Crippen molar-refractivity contribution in [3.8, 4) is 5.75 Å². The molecule has 0 bridgehead atoms. The predicted molar refractivity (Wildman–Crippen MR) is 62.9 cm³/mol. The standard InChI is InChI=1S/C11H18N4O/c1-2-7-16-10-8-13-11(14-9-10)15-5-3-12-4-6-15/h8-9,12H,2-7H2,1H3. The lowest BCUT2D eigenvalue weighted by Gasteiger charge is -2.27. The van der Waals surface area contributed by atoms with Gasteiger partial charge in [-0.15, -0.1) is 0 Å². The second-order valence-electron chi connectivity index (χ2n) is 3.80. The van der Waals surface area contributed by atoms with Gasteiger partial charge < -0.3 is 15.0 Å². The highest BCUT2D eigenvalue weighted by Gasteiger charge is 2.12. The maximum atomic E-state index is 5.44. The SMILES string of the molecule is CCCOc1cnc(N2CCNCC2)nc1. The molecule has 2 rings (SSSR count). The Hall–Kier alpha value is -1.36. The lowest BCUT2D eigenvalue weighted by molar-refractivity contribution is 0.315. The van der Waals surface area contributed by atoms with E-state index in [1.165, 1.54) is 0 Å². The van der Waals surface area contributed by atoms with Gasteiger partial charge in [-0.1, -0.05) is 6.92 Å². The smallest absolute Gasteiger partial charge is 0.225 e. The Labute approximate surface area is 95.8 Å². The normalized spacial score (nSPS) is 16.2. The molecular weight excluding hydrogens is 204 g/mol. The van der Waals surface area contributed by atoms with Crippen LogP contribution in [0.4, 0.5) is 5.95 Å². The monoisotopic (exact) mass is 222 g/mol. The molecule has 5 heteroatoms. The van der Waals surface area contributed by atoms with Crippen LogP contribution < -0.4 is 15.0 Å². The molecule has 0 radical (unpaired) electrons. The van der Waals surface area contributed by atoms with Gasteiger partial charge >= 0.3 is 0 Å². The molecule has 0 unspecified atom stereocenters. The van der Waals surface area contributed by atoms with Gasteiger partial charge in [0.25, 0.3) is 0 Å². The summed E-state index contributed by atoms with van der Waals surface area (Å²) in [7, 11) is 0. The fourth-order valence-electron chi connectivity index (χ4n) is 1.63. The minimum atomic E-state index is 0.719. The first-order chi connectivity index (χ1) is 7.90. The van der Waals surface area contributed by atoms with E-state index in [1.54, 1.807) is 12.4 Å². The number of anilines is 1. The van der Waals surface area contributed by atoms with Gasteiger partial charge in [0, 0.05) is 26.2 Å². The van der Waals surface area contributed by atoms with E-state index in [9.17, 15) is 0 Å². The molecular formula is C11H18N4O. The van der Waals surface area contributed by atoms with Crippen LogP contribution in [0.15, 0.2) is 12.4 Å². The Morgan fingerprint density at radius 1 is 1.31 bits per heavy atom. The third kappa shape index (κ3) is 2.82. The Morgan fingerprint density at radius 3 is 2.62 bits per heavy atom. The van der Waals surface area contributed by atoms with Crippen molar-refractivity contribution < 1.29 is 4.74 Å². The van der Waals surface area contributed by atoms with Gasteiger partial charge in [-0.05, 0) is 6.42 Å². The molecule has 88 valence electrons. The van der Waals surface area contributed by atoms with Crippen molar-refractivity contribution in [2.24, 2.45) is 0 Å². The maximum absolute atomic E-state index is 5.44. The van der Waals surface area contributed by atoms with Crippen LogP contribution in [0.1, 0.15) is 13.3 Å². The minimum Gasteiger partial charge on any atom is -0.490 e. The second kappa shape index (κ2) is 5.65. The van der Waals surface area contributed by atoms with Gasteiger partial charge in [0.2, 0.25) is 5.95 Å². The molecule has 1 fully saturated rings. The lowest BCUT2D eigenvalue weighted by atomic mass is 10.4. The molecule has 0 atom stereocenters. The summed E-state index contributed by atoms with van der Waals surface area (Å²) in [4.78, 5) is 10.8. The fourth-order valence-corrected chi connectivity index (χ4v) is 1.63. The average molecular weight is 222 g/mol. The number of piperazine rings is 1. The number of nitrogens with zero attached hydrogens (tertiary/aromatic N) is 3. The molecule has 1 aliphatic heterocycles. The molecule has 1 N–H and O–H groups in total. The lowest BCUT2D eigenvalue weighted by Crippen LogP contribution is -2.44. The van der Waals surface area contributed by atoms with Crippen molar-refractivity contribution in [3.63, 3.8) is 0 Å². The summed E-state index contributed by atoms with van der Waals surface area (Å²) in [6, 6.07) is 0. The number of hydrogen-bond acceptors (Lipinski definition) is 5. The van der Waals surface area contributed by atoms with Crippen molar-refractivity contribution in [2.45, 2.75) is 13.3 Å². The summed E-state index contributed by atoms with van der Waals surface area (Å²) >= 11 is 0. The summed E-state index contributed by atoms with van der Waals surface area (Å²) in [6.45, 7) is 6.73. The molecule has 1 saturated heterocycles. The third-order valence-corrected chi connectivity index (χ3v) is 2.49. The highest BCUT2D eigenvalue weighted by atomic mass is 16.5. The zero-order chi connectivity index (χ0) is 11.2. The van der Waals surface area contributed by atoms with Crippen molar-refractivity contribution in [2.75, 3.05) is 37.7 Å². The zero-order valence-electron chi connectivity index (χ0n) is 9.65. The zero-order valence-corrected chi connectivity index (χ0v) is 9.65. The molecule has 1 aromatic heterocycles. The summed E-state index contributed by atoms with van der Waals surface area (Å²) in [5.74, 6) is 1.55. The van der Waals surface area contributed by atoms with Crippen LogP contribution in [0.2, 0.25) is 0 Å². The molecule has 1 aliphatic rings. The molecule has 1 aromatic rings. The summed E-state index contributed by atoms with van der Waals surface area (Å²) in [5, 5.41) is 3.30. The van der Waals surface area contributed by atoms with E-state index >= 15 is 0 Å². The van der Waals surface area contributed by atoms with Crippen LogP contribution in [0, 0.1) is 0 Å². The first-order valence-electron chi connectivity index (χ1n) is 5.80. The van der Waals surface area contributed by atoms with Gasteiger partial charge in [-0.25, -0.2) is 9.97 Å². The van der Waals surface area contributed by atoms with Crippen LogP contribution in [0.3, 0.4) is 0 Å². The van der Waals surface area contributed by atoms with E-state index in [2.05, 4.69) is 27.1 Å². The average Bonchev–Trinajstić information content (AvgIpc) is 2.38. The highest BCUT2D eigenvalue weighted by molar-refractivity contribution is 5.32. The first-order valence-corrected chi connectivity index (χ1v) is 5.80. The molecule has 2 heterocycles. The van der Waals surface area contributed by atoms with Gasteiger partial charge in [0.05, 0.1) is 19.0 Å². The van der Waals surface area contributed by atoms with Crippen molar-refractivity contribution in [1.82, 2.24) is 15.3 Å². The minimum absolute atomic E-state index is 0.719. The van der Waals surface area contributed by atoms with Crippen LogP contribution in [0.5, 0.6) is 5.75 Å². The molecule has 0 aliphatic carbocycles. The largest absolute Gasteiger partial charge is 0.490 e. The predicted octanol–water partition coefficient (Wildman–Crippen LogP) is 0.675. The number of rotatable bonds is 4. The van der Waals surface area contributed by atoms with E-state index in [-0.39, 0.29) is 0 Å². The third-order valence-electron chi connectivity index (χ3n) is 2.49. The van der Waals surface area contributed by atoms with E-state index in [0.29, 0.717) is 0 Å². The Bertz CT molecular complexity index is 308.